The lowest BCUT2D eigenvalue weighted by Crippen LogP contribution is -2.15. The monoisotopic (exact) mass is 168 g/mol. The molecule has 0 saturated carbocycles. The van der Waals surface area contributed by atoms with Gasteiger partial charge in [0.15, 0.2) is 0 Å². The highest BCUT2D eigenvalue weighted by molar-refractivity contribution is 4.97. The molecule has 68 valence electrons. The maximum absolute atomic E-state index is 4.05. The maximum Gasteiger partial charge on any atom is 0.0852 e. The summed E-state index contributed by atoms with van der Waals surface area (Å²) in [7, 11) is 1.93. The van der Waals surface area contributed by atoms with Gasteiger partial charge in [0.05, 0.1) is 12.2 Å². The molecule has 0 bridgehead atoms. The molecule has 0 saturated heterocycles. The van der Waals surface area contributed by atoms with Crippen molar-refractivity contribution in [2.75, 3.05) is 13.6 Å². The summed E-state index contributed by atoms with van der Waals surface area (Å²) in [6, 6.07) is 0. The van der Waals surface area contributed by atoms with Crippen molar-refractivity contribution < 1.29 is 0 Å². The fourth-order valence-corrected chi connectivity index (χ4v) is 0.914. The third kappa shape index (κ3) is 2.30. The van der Waals surface area contributed by atoms with Gasteiger partial charge in [0.25, 0.3) is 0 Å². The number of aromatic nitrogens is 3. The minimum absolute atomic E-state index is 0.466. The fourth-order valence-electron chi connectivity index (χ4n) is 0.914. The largest absolute Gasteiger partial charge is 0.318 e. The summed E-state index contributed by atoms with van der Waals surface area (Å²) < 4.78 is 1.87. The van der Waals surface area contributed by atoms with Crippen LogP contribution in [0.5, 0.6) is 0 Å². The Bertz CT molecular complexity index is 229. The van der Waals surface area contributed by atoms with E-state index in [9.17, 15) is 0 Å². The van der Waals surface area contributed by atoms with Crippen molar-refractivity contribution in [3.8, 4) is 0 Å². The van der Waals surface area contributed by atoms with E-state index in [-0.39, 0.29) is 0 Å². The van der Waals surface area contributed by atoms with Crippen molar-refractivity contribution >= 4 is 0 Å². The maximum atomic E-state index is 4.05. The molecule has 0 aliphatic rings. The average molecular weight is 168 g/mol. The van der Waals surface area contributed by atoms with Gasteiger partial charge >= 0.3 is 0 Å². The number of nitrogens with one attached hydrogen (secondary N) is 1. The standard InChI is InChI=1S/C8H16N4/c1-7(2)8-6-12(11-10-8)5-4-9-3/h6-7,9H,4-5H2,1-3H3. The van der Waals surface area contributed by atoms with Crippen LogP contribution in [0.1, 0.15) is 25.5 Å². The van der Waals surface area contributed by atoms with Crippen LogP contribution in [-0.2, 0) is 6.54 Å². The summed E-state index contributed by atoms with van der Waals surface area (Å²) in [4.78, 5) is 0. The van der Waals surface area contributed by atoms with E-state index < -0.39 is 0 Å². The molecule has 0 aliphatic carbocycles. The van der Waals surface area contributed by atoms with Crippen LogP contribution >= 0.6 is 0 Å². The van der Waals surface area contributed by atoms with Crippen molar-refractivity contribution in [2.24, 2.45) is 0 Å². The quantitative estimate of drug-likeness (QED) is 0.716. The first-order chi connectivity index (χ1) is 5.74. The molecule has 1 heterocycles. The highest BCUT2D eigenvalue weighted by atomic mass is 15.4. The second-order valence-electron chi connectivity index (χ2n) is 3.16. The summed E-state index contributed by atoms with van der Waals surface area (Å²) in [5.41, 5.74) is 1.06. The molecule has 0 spiro atoms. The Labute approximate surface area is 73.0 Å². The van der Waals surface area contributed by atoms with E-state index in [1.807, 2.05) is 17.9 Å². The molecular formula is C8H16N4. The SMILES string of the molecule is CNCCn1cc(C(C)C)nn1. The number of hydrogen-bond donors (Lipinski definition) is 1. The molecule has 0 aliphatic heterocycles. The molecule has 1 aromatic rings. The minimum atomic E-state index is 0.466. The Kier molecular flexibility index (Phi) is 3.22. The zero-order chi connectivity index (χ0) is 8.97. The van der Waals surface area contributed by atoms with Crippen LogP contribution in [0.2, 0.25) is 0 Å². The van der Waals surface area contributed by atoms with Gasteiger partial charge in [-0.2, -0.15) is 0 Å². The van der Waals surface area contributed by atoms with E-state index in [4.69, 9.17) is 0 Å². The average Bonchev–Trinajstić information content (AvgIpc) is 2.48. The Morgan fingerprint density at radius 3 is 2.83 bits per heavy atom. The van der Waals surface area contributed by atoms with E-state index in [0.29, 0.717) is 5.92 Å². The van der Waals surface area contributed by atoms with Crippen LogP contribution in [0.4, 0.5) is 0 Å². The molecule has 0 radical (unpaired) electrons. The van der Waals surface area contributed by atoms with Crippen molar-refractivity contribution in [3.05, 3.63) is 11.9 Å². The predicted molar refractivity (Wildman–Crippen MR) is 48.0 cm³/mol. The van der Waals surface area contributed by atoms with E-state index in [1.54, 1.807) is 0 Å². The molecule has 4 heteroatoms. The van der Waals surface area contributed by atoms with Crippen LogP contribution in [0.3, 0.4) is 0 Å². The number of likely N-dealkylation sites (N-methyl/N-ethyl adjacent to an activating group) is 1. The minimum Gasteiger partial charge on any atom is -0.318 e. The van der Waals surface area contributed by atoms with Crippen LogP contribution in [-0.4, -0.2) is 28.6 Å². The summed E-state index contributed by atoms with van der Waals surface area (Å²) in [5.74, 6) is 0.466. The lowest BCUT2D eigenvalue weighted by Gasteiger charge is -1.98. The first-order valence-electron chi connectivity index (χ1n) is 4.28. The molecule has 0 amide bonds. The van der Waals surface area contributed by atoms with Gasteiger partial charge in [-0.05, 0) is 13.0 Å². The Morgan fingerprint density at radius 2 is 2.33 bits per heavy atom. The molecule has 1 N–H and O–H groups in total. The summed E-state index contributed by atoms with van der Waals surface area (Å²) in [6.45, 7) is 6.05. The molecular weight excluding hydrogens is 152 g/mol. The van der Waals surface area contributed by atoms with Crippen molar-refractivity contribution in [1.82, 2.24) is 20.3 Å². The van der Waals surface area contributed by atoms with E-state index in [1.165, 1.54) is 0 Å². The van der Waals surface area contributed by atoms with Crippen LogP contribution in [0.25, 0.3) is 0 Å². The first kappa shape index (κ1) is 9.19. The first-order valence-corrected chi connectivity index (χ1v) is 4.28. The summed E-state index contributed by atoms with van der Waals surface area (Å²) >= 11 is 0. The van der Waals surface area contributed by atoms with Crippen molar-refractivity contribution in [1.29, 1.82) is 0 Å². The van der Waals surface area contributed by atoms with Gasteiger partial charge in [0, 0.05) is 12.7 Å². The molecule has 1 rings (SSSR count). The van der Waals surface area contributed by atoms with Crippen LogP contribution in [0.15, 0.2) is 6.20 Å². The molecule has 0 aromatic carbocycles. The number of hydrogen-bond acceptors (Lipinski definition) is 3. The third-order valence-electron chi connectivity index (χ3n) is 1.74. The smallest absolute Gasteiger partial charge is 0.0852 e. The molecule has 12 heavy (non-hydrogen) atoms. The normalized spacial score (nSPS) is 11.0. The molecule has 4 nitrogen and oxygen atoms in total. The van der Waals surface area contributed by atoms with Gasteiger partial charge in [0.1, 0.15) is 0 Å². The third-order valence-corrected chi connectivity index (χ3v) is 1.74. The topological polar surface area (TPSA) is 42.7 Å². The molecule has 0 unspecified atom stereocenters. The van der Waals surface area contributed by atoms with Crippen LogP contribution in [0, 0.1) is 0 Å². The molecule has 0 atom stereocenters. The summed E-state index contributed by atoms with van der Waals surface area (Å²) in [6.07, 6.45) is 2.00. The molecule has 1 aromatic heterocycles. The van der Waals surface area contributed by atoms with Crippen molar-refractivity contribution in [3.63, 3.8) is 0 Å². The van der Waals surface area contributed by atoms with Gasteiger partial charge in [-0.25, -0.2) is 0 Å². The van der Waals surface area contributed by atoms with Gasteiger partial charge < -0.3 is 5.32 Å². The zero-order valence-corrected chi connectivity index (χ0v) is 7.91. The summed E-state index contributed by atoms with van der Waals surface area (Å²) in [5, 5.41) is 11.1. The molecule has 0 fully saturated rings. The van der Waals surface area contributed by atoms with Gasteiger partial charge in [-0.15, -0.1) is 5.10 Å². The van der Waals surface area contributed by atoms with Crippen molar-refractivity contribution in [2.45, 2.75) is 26.3 Å². The highest BCUT2D eigenvalue weighted by Gasteiger charge is 2.03. The van der Waals surface area contributed by atoms with E-state index >= 15 is 0 Å². The van der Waals surface area contributed by atoms with Gasteiger partial charge in [-0.3, -0.25) is 4.68 Å². The Morgan fingerprint density at radius 1 is 1.58 bits per heavy atom. The Balaban J connectivity index is 2.52. The fraction of sp³-hybridized carbons (Fsp3) is 0.750. The number of rotatable bonds is 4. The predicted octanol–water partition coefficient (Wildman–Crippen LogP) is 0.621. The van der Waals surface area contributed by atoms with Crippen LogP contribution < -0.4 is 5.32 Å². The van der Waals surface area contributed by atoms with Gasteiger partial charge in [-0.1, -0.05) is 19.1 Å². The highest BCUT2D eigenvalue weighted by Crippen LogP contribution is 2.08. The Hall–Kier alpha value is -0.900. The van der Waals surface area contributed by atoms with E-state index in [2.05, 4.69) is 29.5 Å². The lowest BCUT2D eigenvalue weighted by atomic mass is 10.2. The zero-order valence-electron chi connectivity index (χ0n) is 7.91. The second-order valence-corrected chi connectivity index (χ2v) is 3.16. The second kappa shape index (κ2) is 4.21. The van der Waals surface area contributed by atoms with Gasteiger partial charge in [0.2, 0.25) is 0 Å². The van der Waals surface area contributed by atoms with E-state index in [0.717, 1.165) is 18.8 Å². The number of nitrogens with zero attached hydrogens (tertiary/aromatic N) is 3. The lowest BCUT2D eigenvalue weighted by molar-refractivity contribution is 0.565.